The van der Waals surface area contributed by atoms with E-state index < -0.39 is 0 Å². The van der Waals surface area contributed by atoms with E-state index in [-0.39, 0.29) is 18.6 Å². The number of ether oxygens (including phenoxy) is 2. The monoisotopic (exact) mass is 416 g/mol. The number of fused-ring (bicyclic) bond motifs is 1. The van der Waals surface area contributed by atoms with Gasteiger partial charge in [-0.15, -0.1) is 0 Å². The van der Waals surface area contributed by atoms with E-state index >= 15 is 0 Å². The van der Waals surface area contributed by atoms with Crippen LogP contribution in [0.25, 0.3) is 0 Å². The average molecular weight is 417 g/mol. The predicted octanol–water partition coefficient (Wildman–Crippen LogP) is 1.75. The van der Waals surface area contributed by atoms with Crippen molar-refractivity contribution in [1.29, 1.82) is 0 Å². The van der Waals surface area contributed by atoms with Gasteiger partial charge in [0.25, 0.3) is 0 Å². The molecule has 2 unspecified atom stereocenters. The second-order valence-corrected chi connectivity index (χ2v) is 8.30. The van der Waals surface area contributed by atoms with Crippen LogP contribution in [0.4, 0.5) is 0 Å². The number of hydrogen-bond acceptors (Lipinski definition) is 4. The fourth-order valence-corrected chi connectivity index (χ4v) is 3.83. The Balaban J connectivity index is 1.45. The Kier molecular flexibility index (Phi) is 8.96. The maximum absolute atomic E-state index is 12.0. The zero-order valence-corrected chi connectivity index (χ0v) is 18.4. The normalized spacial score (nSPS) is 21.2. The van der Waals surface area contributed by atoms with Gasteiger partial charge in [-0.25, -0.2) is 4.99 Å². The molecule has 30 heavy (non-hydrogen) atoms. The summed E-state index contributed by atoms with van der Waals surface area (Å²) in [5, 5.41) is 6.90. The molecule has 0 saturated carbocycles. The molecule has 1 heterocycles. The molecule has 0 bridgehead atoms. The molecule has 2 aliphatic rings. The van der Waals surface area contributed by atoms with Crippen molar-refractivity contribution in [2.45, 2.75) is 50.7 Å². The van der Waals surface area contributed by atoms with Crippen molar-refractivity contribution in [3.63, 3.8) is 0 Å². The maximum Gasteiger partial charge on any atom is 0.243 e. The first kappa shape index (κ1) is 22.6. The van der Waals surface area contributed by atoms with Crippen molar-refractivity contribution in [3.8, 4) is 0 Å². The van der Waals surface area contributed by atoms with Crippen molar-refractivity contribution in [3.05, 3.63) is 35.4 Å². The minimum Gasteiger partial charge on any atom is -0.379 e. The average Bonchev–Trinajstić information content (AvgIpc) is 3.27. The van der Waals surface area contributed by atoms with Gasteiger partial charge >= 0.3 is 0 Å². The topological polar surface area (TPSA) is 75.2 Å². The number of rotatable bonds is 9. The molecular formula is C23H36N4O3. The fraction of sp³-hybridized carbons (Fsp3) is 0.652. The minimum atomic E-state index is -0.00927. The van der Waals surface area contributed by atoms with Crippen molar-refractivity contribution < 1.29 is 14.3 Å². The van der Waals surface area contributed by atoms with Gasteiger partial charge in [-0.2, -0.15) is 0 Å². The quantitative estimate of drug-likeness (QED) is 0.364. The summed E-state index contributed by atoms with van der Waals surface area (Å²) in [6.45, 7) is 3.11. The highest BCUT2D eigenvalue weighted by Crippen LogP contribution is 2.21. The lowest BCUT2D eigenvalue weighted by Gasteiger charge is -2.27. The van der Waals surface area contributed by atoms with Gasteiger partial charge in [-0.3, -0.25) is 4.79 Å². The van der Waals surface area contributed by atoms with E-state index in [1.165, 1.54) is 11.1 Å². The standard InChI is InChI=1S/C23H36N4O3/c1-27(2)22(28)16-25-23(24-12-6-13-29-17-21-9-5-14-30-21)26-20-11-10-18-7-3-4-8-19(18)15-20/h3-4,7-8,20-21H,5-6,9-17H2,1-2H3,(H2,24,25,26). The highest BCUT2D eigenvalue weighted by Gasteiger charge is 2.19. The summed E-state index contributed by atoms with van der Waals surface area (Å²) in [5.41, 5.74) is 2.83. The van der Waals surface area contributed by atoms with Crippen LogP contribution in [0.15, 0.2) is 29.3 Å². The number of carbonyl (C=O) groups is 1. The van der Waals surface area contributed by atoms with Crippen LogP contribution in [0.5, 0.6) is 0 Å². The summed E-state index contributed by atoms with van der Waals surface area (Å²) in [6.07, 6.45) is 6.48. The Morgan fingerprint density at radius 1 is 1.27 bits per heavy atom. The number of nitrogens with zero attached hydrogens (tertiary/aromatic N) is 2. The van der Waals surface area contributed by atoms with Crippen LogP contribution in [0.2, 0.25) is 0 Å². The molecule has 1 aliphatic heterocycles. The molecule has 1 saturated heterocycles. The molecule has 0 radical (unpaired) electrons. The molecule has 7 nitrogen and oxygen atoms in total. The van der Waals surface area contributed by atoms with Gasteiger partial charge in [0.15, 0.2) is 5.96 Å². The Hall–Kier alpha value is -2.12. The van der Waals surface area contributed by atoms with Gasteiger partial charge < -0.3 is 25.0 Å². The van der Waals surface area contributed by atoms with Crippen molar-refractivity contribution >= 4 is 11.9 Å². The summed E-state index contributed by atoms with van der Waals surface area (Å²) in [4.78, 5) is 18.1. The number of likely N-dealkylation sites (N-methyl/N-ethyl adjacent to an activating group) is 1. The molecule has 1 aromatic rings. The number of aliphatic imine (C=N–C) groups is 1. The fourth-order valence-electron chi connectivity index (χ4n) is 3.83. The largest absolute Gasteiger partial charge is 0.379 e. The summed E-state index contributed by atoms with van der Waals surface area (Å²) >= 11 is 0. The van der Waals surface area contributed by atoms with E-state index in [9.17, 15) is 4.79 Å². The molecule has 1 fully saturated rings. The number of nitrogens with one attached hydrogen (secondary N) is 2. The van der Waals surface area contributed by atoms with Crippen LogP contribution in [-0.2, 0) is 27.1 Å². The second-order valence-electron chi connectivity index (χ2n) is 8.30. The van der Waals surface area contributed by atoms with Gasteiger partial charge in [0.05, 0.1) is 12.7 Å². The molecule has 0 aromatic heterocycles. The van der Waals surface area contributed by atoms with Gasteiger partial charge in [0, 0.05) is 39.9 Å². The molecule has 3 rings (SSSR count). The lowest BCUT2D eigenvalue weighted by Crippen LogP contribution is -2.46. The molecule has 1 aromatic carbocycles. The lowest BCUT2D eigenvalue weighted by molar-refractivity contribution is -0.127. The van der Waals surface area contributed by atoms with Crippen LogP contribution in [0, 0.1) is 0 Å². The molecule has 166 valence electrons. The highest BCUT2D eigenvalue weighted by atomic mass is 16.5. The van der Waals surface area contributed by atoms with Gasteiger partial charge in [-0.05, 0) is 49.7 Å². The lowest BCUT2D eigenvalue weighted by atomic mass is 9.88. The Labute approximate surface area is 180 Å². The number of carbonyl (C=O) groups excluding carboxylic acids is 1. The zero-order valence-electron chi connectivity index (χ0n) is 18.4. The van der Waals surface area contributed by atoms with Crippen molar-refractivity contribution in [1.82, 2.24) is 15.5 Å². The van der Waals surface area contributed by atoms with E-state index in [1.807, 2.05) is 0 Å². The molecule has 7 heteroatoms. The molecule has 0 spiro atoms. The SMILES string of the molecule is CN(C)C(=O)CN=C(NCCCOCC1CCCO1)NC1CCc2ccccc2C1. The predicted molar refractivity (Wildman–Crippen MR) is 119 cm³/mol. The molecule has 1 aliphatic carbocycles. The van der Waals surface area contributed by atoms with Gasteiger partial charge in [0.2, 0.25) is 5.91 Å². The first-order chi connectivity index (χ1) is 14.6. The summed E-state index contributed by atoms with van der Waals surface area (Å²) in [6, 6.07) is 8.94. The minimum absolute atomic E-state index is 0.00927. The maximum atomic E-state index is 12.0. The van der Waals surface area contributed by atoms with E-state index in [0.717, 1.165) is 51.7 Å². The number of guanidine groups is 1. The van der Waals surface area contributed by atoms with Crippen LogP contribution < -0.4 is 10.6 Å². The molecule has 2 atom stereocenters. The molecule has 2 N–H and O–H groups in total. The third-order valence-corrected chi connectivity index (χ3v) is 5.64. The van der Waals surface area contributed by atoms with E-state index in [1.54, 1.807) is 19.0 Å². The van der Waals surface area contributed by atoms with Crippen LogP contribution in [-0.4, -0.2) is 75.9 Å². The smallest absolute Gasteiger partial charge is 0.243 e. The molecular weight excluding hydrogens is 380 g/mol. The summed E-state index contributed by atoms with van der Waals surface area (Å²) in [5.74, 6) is 0.693. The number of amides is 1. The second kappa shape index (κ2) is 11.9. The van der Waals surface area contributed by atoms with Crippen LogP contribution in [0.1, 0.15) is 36.8 Å². The van der Waals surface area contributed by atoms with E-state index in [0.29, 0.717) is 25.2 Å². The zero-order chi connectivity index (χ0) is 21.2. The van der Waals surface area contributed by atoms with Gasteiger partial charge in [-0.1, -0.05) is 24.3 Å². The first-order valence-corrected chi connectivity index (χ1v) is 11.1. The van der Waals surface area contributed by atoms with Crippen molar-refractivity contribution in [2.24, 2.45) is 4.99 Å². The Bertz CT molecular complexity index is 701. The first-order valence-electron chi connectivity index (χ1n) is 11.1. The van der Waals surface area contributed by atoms with E-state index in [4.69, 9.17) is 9.47 Å². The highest BCUT2D eigenvalue weighted by molar-refractivity contribution is 5.85. The number of benzene rings is 1. The summed E-state index contributed by atoms with van der Waals surface area (Å²) < 4.78 is 11.3. The third kappa shape index (κ3) is 7.29. The van der Waals surface area contributed by atoms with Crippen LogP contribution in [0.3, 0.4) is 0 Å². The number of hydrogen-bond donors (Lipinski definition) is 2. The molecule has 1 amide bonds. The van der Waals surface area contributed by atoms with E-state index in [2.05, 4.69) is 39.9 Å². The van der Waals surface area contributed by atoms with Crippen LogP contribution >= 0.6 is 0 Å². The van der Waals surface area contributed by atoms with Gasteiger partial charge in [0.1, 0.15) is 6.54 Å². The summed E-state index contributed by atoms with van der Waals surface area (Å²) in [7, 11) is 3.50. The Morgan fingerprint density at radius 2 is 2.10 bits per heavy atom. The third-order valence-electron chi connectivity index (χ3n) is 5.64. The number of aryl methyl sites for hydroxylation is 1. The van der Waals surface area contributed by atoms with Crippen molar-refractivity contribution in [2.75, 3.05) is 47.0 Å². The Morgan fingerprint density at radius 3 is 2.87 bits per heavy atom.